The average Bonchev–Trinajstić information content (AvgIpc) is 2.90. The molecule has 0 radical (unpaired) electrons. The molecule has 2 fully saturated rings. The molecule has 2 unspecified atom stereocenters. The Labute approximate surface area is 165 Å². The van der Waals surface area contributed by atoms with Crippen molar-refractivity contribution in [2.75, 3.05) is 19.6 Å². The Morgan fingerprint density at radius 2 is 1.74 bits per heavy atom. The summed E-state index contributed by atoms with van der Waals surface area (Å²) in [5, 5.41) is 0.0702. The Bertz CT molecular complexity index is 565. The lowest BCUT2D eigenvalue weighted by atomic mass is 10.0. The van der Waals surface area contributed by atoms with Gasteiger partial charge in [-0.1, -0.05) is 20.8 Å². The highest BCUT2D eigenvalue weighted by Crippen LogP contribution is 2.39. The molecule has 2 heterocycles. The van der Waals surface area contributed by atoms with E-state index in [4.69, 9.17) is 9.16 Å². The Balaban J connectivity index is 2.19. The zero-order valence-electron chi connectivity index (χ0n) is 18.4. The zero-order chi connectivity index (χ0) is 20.6. The first-order valence-corrected chi connectivity index (χ1v) is 13.1. The summed E-state index contributed by atoms with van der Waals surface area (Å²) < 4.78 is 12.3. The fourth-order valence-corrected chi connectivity index (χ4v) is 4.79. The minimum atomic E-state index is -2.04. The first kappa shape index (κ1) is 22.2. The number of piperidine rings is 1. The third-order valence-corrected chi connectivity index (χ3v) is 10.4. The van der Waals surface area contributed by atoms with E-state index in [1.165, 1.54) is 0 Å². The van der Waals surface area contributed by atoms with Crippen molar-refractivity contribution in [3.05, 3.63) is 0 Å². The van der Waals surface area contributed by atoms with E-state index >= 15 is 0 Å². The summed E-state index contributed by atoms with van der Waals surface area (Å²) in [6.45, 7) is 18.6. The minimum Gasteiger partial charge on any atom is -0.444 e. The predicted molar refractivity (Wildman–Crippen MR) is 109 cm³/mol. The van der Waals surface area contributed by atoms with Crippen LogP contribution in [0.25, 0.3) is 0 Å². The van der Waals surface area contributed by atoms with Gasteiger partial charge in [-0.3, -0.25) is 4.79 Å². The van der Waals surface area contributed by atoms with Crippen LogP contribution in [0.2, 0.25) is 18.1 Å². The standard InChI is InChI=1S/C20H38N2O4Si/c1-19(2,3)25-18(24)21-13-11-15(22-12-9-10-17(22)23)16(14-21)26-27(7,8)20(4,5)6/h15-16H,9-14H2,1-8H3. The first-order valence-electron chi connectivity index (χ1n) is 10.2. The van der Waals surface area contributed by atoms with Gasteiger partial charge in [0.25, 0.3) is 0 Å². The lowest BCUT2D eigenvalue weighted by Gasteiger charge is -2.47. The summed E-state index contributed by atoms with van der Waals surface area (Å²) >= 11 is 0. The van der Waals surface area contributed by atoms with Gasteiger partial charge in [0.05, 0.1) is 18.7 Å². The molecule has 7 heteroatoms. The topological polar surface area (TPSA) is 59.1 Å². The molecule has 2 atom stereocenters. The summed E-state index contributed by atoms with van der Waals surface area (Å²) in [6.07, 6.45) is 1.83. The molecule has 27 heavy (non-hydrogen) atoms. The smallest absolute Gasteiger partial charge is 0.410 e. The maximum atomic E-state index is 12.6. The van der Waals surface area contributed by atoms with E-state index in [1.807, 2.05) is 25.7 Å². The highest BCUT2D eigenvalue weighted by molar-refractivity contribution is 6.74. The Morgan fingerprint density at radius 3 is 2.22 bits per heavy atom. The van der Waals surface area contributed by atoms with Crippen LogP contribution in [-0.2, 0) is 14.0 Å². The van der Waals surface area contributed by atoms with E-state index in [0.29, 0.717) is 19.5 Å². The van der Waals surface area contributed by atoms with Gasteiger partial charge in [-0.25, -0.2) is 4.79 Å². The summed E-state index contributed by atoms with van der Waals surface area (Å²) in [5.41, 5.74) is -0.519. The normalized spacial score (nSPS) is 25.1. The molecule has 0 bridgehead atoms. The number of carbonyl (C=O) groups excluding carboxylic acids is 2. The molecule has 2 rings (SSSR count). The van der Waals surface area contributed by atoms with Crippen LogP contribution < -0.4 is 0 Å². The van der Waals surface area contributed by atoms with Gasteiger partial charge in [0.15, 0.2) is 8.32 Å². The van der Waals surface area contributed by atoms with Gasteiger partial charge in [-0.15, -0.1) is 0 Å². The summed E-state index contributed by atoms with van der Waals surface area (Å²) in [4.78, 5) is 28.7. The number of hydrogen-bond acceptors (Lipinski definition) is 4. The number of amides is 2. The highest BCUT2D eigenvalue weighted by atomic mass is 28.4. The second kappa shape index (κ2) is 7.74. The van der Waals surface area contributed by atoms with Crippen molar-refractivity contribution >= 4 is 20.3 Å². The van der Waals surface area contributed by atoms with Crippen molar-refractivity contribution < 1.29 is 18.8 Å². The van der Waals surface area contributed by atoms with Gasteiger partial charge in [0.1, 0.15) is 5.60 Å². The van der Waals surface area contributed by atoms with Crippen molar-refractivity contribution in [1.29, 1.82) is 0 Å². The third-order valence-electron chi connectivity index (χ3n) is 5.94. The van der Waals surface area contributed by atoms with E-state index in [2.05, 4.69) is 33.9 Å². The van der Waals surface area contributed by atoms with Crippen molar-refractivity contribution in [2.45, 2.75) is 96.7 Å². The molecule has 0 aromatic carbocycles. The van der Waals surface area contributed by atoms with Crippen molar-refractivity contribution in [2.24, 2.45) is 0 Å². The van der Waals surface area contributed by atoms with Gasteiger partial charge in [0, 0.05) is 19.5 Å². The van der Waals surface area contributed by atoms with Crippen LogP contribution in [0.5, 0.6) is 0 Å². The number of nitrogens with zero attached hydrogens (tertiary/aromatic N) is 2. The zero-order valence-corrected chi connectivity index (χ0v) is 19.4. The molecule has 0 N–H and O–H groups in total. The molecular weight excluding hydrogens is 360 g/mol. The molecule has 0 aromatic heterocycles. The van der Waals surface area contributed by atoms with E-state index in [1.54, 1.807) is 4.90 Å². The summed E-state index contributed by atoms with van der Waals surface area (Å²) in [7, 11) is -2.04. The number of likely N-dealkylation sites (tertiary alicyclic amines) is 2. The summed E-state index contributed by atoms with van der Waals surface area (Å²) in [6, 6.07) is 0.0489. The third kappa shape index (κ3) is 5.47. The van der Waals surface area contributed by atoms with Crippen LogP contribution in [0.1, 0.15) is 60.8 Å². The fraction of sp³-hybridized carbons (Fsp3) is 0.900. The number of hydrogen-bond donors (Lipinski definition) is 0. The second-order valence-electron chi connectivity index (χ2n) is 10.4. The molecule has 0 aliphatic carbocycles. The molecule has 6 nitrogen and oxygen atoms in total. The van der Waals surface area contributed by atoms with Crippen LogP contribution in [0, 0.1) is 0 Å². The number of rotatable bonds is 3. The van der Waals surface area contributed by atoms with Crippen LogP contribution in [0.15, 0.2) is 0 Å². The molecule has 2 aliphatic heterocycles. The van der Waals surface area contributed by atoms with Gasteiger partial charge in [-0.05, 0) is 51.7 Å². The number of carbonyl (C=O) groups is 2. The van der Waals surface area contributed by atoms with Crippen LogP contribution in [0.3, 0.4) is 0 Å². The monoisotopic (exact) mass is 398 g/mol. The average molecular weight is 399 g/mol. The van der Waals surface area contributed by atoms with E-state index in [9.17, 15) is 9.59 Å². The SMILES string of the molecule is CC(C)(C)OC(=O)N1CCC(N2CCCC2=O)C(O[Si](C)(C)C(C)(C)C)C1. The molecule has 0 spiro atoms. The lowest BCUT2D eigenvalue weighted by molar-refractivity contribution is -0.133. The van der Waals surface area contributed by atoms with Gasteiger partial charge in [0.2, 0.25) is 5.91 Å². The second-order valence-corrected chi connectivity index (χ2v) is 15.1. The van der Waals surface area contributed by atoms with Crippen molar-refractivity contribution in [1.82, 2.24) is 9.80 Å². The van der Waals surface area contributed by atoms with Gasteiger partial charge >= 0.3 is 6.09 Å². The van der Waals surface area contributed by atoms with Crippen molar-refractivity contribution in [3.8, 4) is 0 Å². The highest BCUT2D eigenvalue weighted by Gasteiger charge is 2.45. The van der Waals surface area contributed by atoms with Gasteiger partial charge < -0.3 is 19.0 Å². The van der Waals surface area contributed by atoms with E-state index in [-0.39, 0.29) is 29.2 Å². The first-order chi connectivity index (χ1) is 12.2. The quantitative estimate of drug-likeness (QED) is 0.674. The Morgan fingerprint density at radius 1 is 1.11 bits per heavy atom. The molecule has 0 saturated carbocycles. The van der Waals surface area contributed by atoms with Crippen molar-refractivity contribution in [3.63, 3.8) is 0 Å². The summed E-state index contributed by atoms with van der Waals surface area (Å²) in [5.74, 6) is 0.217. The molecule has 2 amide bonds. The Hall–Kier alpha value is -1.08. The molecular formula is C20H38N2O4Si. The minimum absolute atomic E-state index is 0.0489. The molecule has 0 aromatic rings. The molecule has 2 aliphatic rings. The fourth-order valence-electron chi connectivity index (χ4n) is 3.44. The maximum absolute atomic E-state index is 12.6. The molecule has 156 valence electrons. The van der Waals surface area contributed by atoms with Crippen LogP contribution in [-0.4, -0.2) is 67.5 Å². The van der Waals surface area contributed by atoms with Crippen LogP contribution in [0.4, 0.5) is 4.79 Å². The van der Waals surface area contributed by atoms with Crippen LogP contribution >= 0.6 is 0 Å². The maximum Gasteiger partial charge on any atom is 0.410 e. The predicted octanol–water partition coefficient (Wildman–Crippen LogP) is 4.01. The van der Waals surface area contributed by atoms with Gasteiger partial charge in [-0.2, -0.15) is 0 Å². The van der Waals surface area contributed by atoms with E-state index < -0.39 is 13.9 Å². The molecule has 2 saturated heterocycles. The lowest BCUT2D eigenvalue weighted by Crippen LogP contribution is -2.60. The Kier molecular flexibility index (Phi) is 6.37. The van der Waals surface area contributed by atoms with E-state index in [0.717, 1.165) is 19.4 Å². The largest absolute Gasteiger partial charge is 0.444 e. The number of ether oxygens (including phenoxy) is 1.